The van der Waals surface area contributed by atoms with Gasteiger partial charge in [-0.1, -0.05) is 11.6 Å². The van der Waals surface area contributed by atoms with E-state index in [0.29, 0.717) is 0 Å². The Morgan fingerprint density at radius 2 is 2.19 bits per heavy atom. The quantitative estimate of drug-likeness (QED) is 0.851. The Hall–Kier alpha value is -0.990. The Morgan fingerprint density at radius 1 is 1.56 bits per heavy atom. The van der Waals surface area contributed by atoms with Gasteiger partial charge in [0, 0.05) is 6.20 Å². The summed E-state index contributed by atoms with van der Waals surface area (Å²) in [4.78, 5) is 3.20. The fourth-order valence-corrected chi connectivity index (χ4v) is 2.04. The lowest BCUT2D eigenvalue weighted by Crippen LogP contribution is -2.28. The van der Waals surface area contributed by atoms with E-state index < -0.39 is 23.0 Å². The molecule has 5 nitrogen and oxygen atoms in total. The minimum Gasteiger partial charge on any atom is -0.382 e. The molecule has 0 amide bonds. The molecule has 0 aliphatic heterocycles. The molecular weight excluding hydrogens is 264 g/mol. The van der Waals surface area contributed by atoms with Crippen molar-refractivity contribution in [3.05, 3.63) is 17.3 Å². The van der Waals surface area contributed by atoms with Gasteiger partial charge in [0.2, 0.25) is 10.0 Å². The molecule has 90 valence electrons. The summed E-state index contributed by atoms with van der Waals surface area (Å²) in [7, 11) is -4.03. The standard InChI is InChI=1S/C7H8ClF2N3O2S/c8-5-1-4(2-12-7(5)11)16(14,15)13-3-6(9)10/h1-2,6,13H,3H2,(H2,11,12). The molecule has 9 heteroatoms. The summed E-state index contributed by atoms with van der Waals surface area (Å²) < 4.78 is 48.2. The number of nitrogens with one attached hydrogen (secondary N) is 1. The molecule has 0 aliphatic carbocycles. The van der Waals surface area contributed by atoms with Gasteiger partial charge in [0.1, 0.15) is 10.7 Å². The lowest BCUT2D eigenvalue weighted by Gasteiger charge is -2.06. The molecule has 0 aliphatic rings. The van der Waals surface area contributed by atoms with E-state index in [2.05, 4.69) is 4.98 Å². The van der Waals surface area contributed by atoms with Gasteiger partial charge in [-0.3, -0.25) is 0 Å². The van der Waals surface area contributed by atoms with E-state index in [1.807, 2.05) is 0 Å². The van der Waals surface area contributed by atoms with Crippen molar-refractivity contribution in [2.24, 2.45) is 0 Å². The Bertz CT molecular complexity index is 481. The van der Waals surface area contributed by atoms with Crippen molar-refractivity contribution in [3.8, 4) is 0 Å². The minimum absolute atomic E-state index is 0.0329. The molecule has 0 spiro atoms. The number of hydrogen-bond acceptors (Lipinski definition) is 4. The van der Waals surface area contributed by atoms with Gasteiger partial charge in [-0.25, -0.2) is 26.9 Å². The Morgan fingerprint density at radius 3 is 2.69 bits per heavy atom. The van der Waals surface area contributed by atoms with Crippen molar-refractivity contribution in [1.29, 1.82) is 0 Å². The highest BCUT2D eigenvalue weighted by Gasteiger charge is 2.17. The zero-order chi connectivity index (χ0) is 12.3. The van der Waals surface area contributed by atoms with Crippen molar-refractivity contribution in [1.82, 2.24) is 9.71 Å². The molecule has 0 bridgehead atoms. The molecule has 0 radical (unpaired) electrons. The maximum atomic E-state index is 11.8. The highest BCUT2D eigenvalue weighted by molar-refractivity contribution is 7.89. The lowest BCUT2D eigenvalue weighted by molar-refractivity contribution is 0.153. The van der Waals surface area contributed by atoms with Gasteiger partial charge in [0.15, 0.2) is 0 Å². The SMILES string of the molecule is Nc1ncc(S(=O)(=O)NCC(F)F)cc1Cl. The largest absolute Gasteiger partial charge is 0.382 e. The van der Waals surface area contributed by atoms with Crippen LogP contribution in [-0.2, 0) is 10.0 Å². The van der Waals surface area contributed by atoms with E-state index in [1.165, 1.54) is 0 Å². The van der Waals surface area contributed by atoms with Crippen LogP contribution in [0, 0.1) is 0 Å². The van der Waals surface area contributed by atoms with Gasteiger partial charge < -0.3 is 5.73 Å². The second-order valence-electron chi connectivity index (χ2n) is 2.78. The molecular formula is C7H8ClF2N3O2S. The van der Waals surface area contributed by atoms with E-state index in [1.54, 1.807) is 4.72 Å². The number of halogens is 3. The number of aromatic nitrogens is 1. The van der Waals surface area contributed by atoms with Gasteiger partial charge in [0.05, 0.1) is 11.6 Å². The van der Waals surface area contributed by atoms with E-state index in [-0.39, 0.29) is 15.7 Å². The predicted octanol–water partition coefficient (Wildman–Crippen LogP) is 0.861. The summed E-state index contributed by atoms with van der Waals surface area (Å²) in [6.45, 7) is -0.968. The monoisotopic (exact) mass is 271 g/mol. The third-order valence-electron chi connectivity index (χ3n) is 1.58. The molecule has 0 atom stereocenters. The second kappa shape index (κ2) is 4.89. The fourth-order valence-electron chi connectivity index (χ4n) is 0.834. The Kier molecular flexibility index (Phi) is 4.00. The van der Waals surface area contributed by atoms with Crippen molar-refractivity contribution in [2.45, 2.75) is 11.3 Å². The first-order valence-corrected chi connectivity index (χ1v) is 5.88. The first-order valence-electron chi connectivity index (χ1n) is 4.02. The molecule has 0 saturated carbocycles. The maximum Gasteiger partial charge on any atom is 0.251 e. The number of nitrogen functional groups attached to an aromatic ring is 1. The molecule has 0 fully saturated rings. The molecule has 1 aromatic heterocycles. The van der Waals surface area contributed by atoms with Crippen LogP contribution in [0.1, 0.15) is 0 Å². The van der Waals surface area contributed by atoms with Crippen LogP contribution in [-0.4, -0.2) is 26.4 Å². The molecule has 0 unspecified atom stereocenters. The van der Waals surface area contributed by atoms with Crippen LogP contribution < -0.4 is 10.5 Å². The number of nitrogens with two attached hydrogens (primary N) is 1. The minimum atomic E-state index is -4.03. The van der Waals surface area contributed by atoms with E-state index >= 15 is 0 Å². The molecule has 16 heavy (non-hydrogen) atoms. The van der Waals surface area contributed by atoms with Crippen molar-refractivity contribution >= 4 is 27.4 Å². The van der Waals surface area contributed by atoms with Gasteiger partial charge in [-0.2, -0.15) is 0 Å². The van der Waals surface area contributed by atoms with Crippen LogP contribution in [0.4, 0.5) is 14.6 Å². The number of nitrogens with zero attached hydrogens (tertiary/aromatic N) is 1. The van der Waals surface area contributed by atoms with Crippen LogP contribution in [0.2, 0.25) is 5.02 Å². The average molecular weight is 272 g/mol. The summed E-state index contributed by atoms with van der Waals surface area (Å²) in [6.07, 6.45) is -1.83. The zero-order valence-corrected chi connectivity index (χ0v) is 9.39. The maximum absolute atomic E-state index is 11.8. The van der Waals surface area contributed by atoms with Crippen LogP contribution in [0.3, 0.4) is 0 Å². The number of pyridine rings is 1. The van der Waals surface area contributed by atoms with Crippen LogP contribution in [0.5, 0.6) is 0 Å². The van der Waals surface area contributed by atoms with Crippen LogP contribution in [0.25, 0.3) is 0 Å². The van der Waals surface area contributed by atoms with Gasteiger partial charge in [-0.05, 0) is 6.07 Å². The first-order chi connectivity index (χ1) is 7.33. The highest BCUT2D eigenvalue weighted by atomic mass is 35.5. The Balaban J connectivity index is 2.94. The molecule has 1 heterocycles. The third kappa shape index (κ3) is 3.26. The zero-order valence-electron chi connectivity index (χ0n) is 7.82. The topological polar surface area (TPSA) is 85.1 Å². The Labute approximate surface area is 95.7 Å². The summed E-state index contributed by atoms with van der Waals surface area (Å²) in [5, 5.41) is -0.0556. The van der Waals surface area contributed by atoms with Gasteiger partial charge >= 0.3 is 0 Å². The summed E-state index contributed by atoms with van der Waals surface area (Å²) >= 11 is 5.55. The highest BCUT2D eigenvalue weighted by Crippen LogP contribution is 2.19. The van der Waals surface area contributed by atoms with E-state index in [0.717, 1.165) is 12.3 Å². The van der Waals surface area contributed by atoms with Gasteiger partial charge in [0.25, 0.3) is 6.43 Å². The lowest BCUT2D eigenvalue weighted by atomic mass is 10.5. The first kappa shape index (κ1) is 13.1. The molecule has 1 aromatic rings. The fraction of sp³-hybridized carbons (Fsp3) is 0.286. The molecule has 0 aromatic carbocycles. The summed E-state index contributed by atoms with van der Waals surface area (Å²) in [5.41, 5.74) is 5.28. The number of rotatable bonds is 4. The number of anilines is 1. The normalized spacial score (nSPS) is 12.0. The molecule has 3 N–H and O–H groups in total. The van der Waals surface area contributed by atoms with E-state index in [4.69, 9.17) is 17.3 Å². The predicted molar refractivity (Wildman–Crippen MR) is 54.9 cm³/mol. The summed E-state index contributed by atoms with van der Waals surface area (Å²) in [6, 6.07) is 1.04. The average Bonchev–Trinajstić information content (AvgIpc) is 2.19. The van der Waals surface area contributed by atoms with Gasteiger partial charge in [-0.15, -0.1) is 0 Å². The van der Waals surface area contributed by atoms with Crippen molar-refractivity contribution < 1.29 is 17.2 Å². The molecule has 1 rings (SSSR count). The smallest absolute Gasteiger partial charge is 0.251 e. The molecule has 0 saturated heterocycles. The number of sulfonamides is 1. The van der Waals surface area contributed by atoms with Crippen LogP contribution >= 0.6 is 11.6 Å². The van der Waals surface area contributed by atoms with Crippen molar-refractivity contribution in [2.75, 3.05) is 12.3 Å². The van der Waals surface area contributed by atoms with Crippen molar-refractivity contribution in [3.63, 3.8) is 0 Å². The third-order valence-corrected chi connectivity index (χ3v) is 3.28. The number of hydrogen-bond donors (Lipinski definition) is 2. The van der Waals surface area contributed by atoms with Crippen LogP contribution in [0.15, 0.2) is 17.2 Å². The van der Waals surface area contributed by atoms with E-state index in [9.17, 15) is 17.2 Å². The second-order valence-corrected chi connectivity index (χ2v) is 4.96. The number of alkyl halides is 2. The summed E-state index contributed by atoms with van der Waals surface area (Å²) in [5.74, 6) is -0.0329.